The highest BCUT2D eigenvalue weighted by atomic mass is 14.7. The third-order valence-electron chi connectivity index (χ3n) is 2.43. The van der Waals surface area contributed by atoms with Gasteiger partial charge in [-0.2, -0.15) is 0 Å². The number of nitrogens with zero attached hydrogens (tertiary/aromatic N) is 1. The molecule has 2 rings (SSSR count). The van der Waals surface area contributed by atoms with E-state index < -0.39 is 0 Å². The Morgan fingerprint density at radius 2 is 1.64 bits per heavy atom. The monoisotopic (exact) mass is 183 g/mol. The minimum absolute atomic E-state index is 0.373. The quantitative estimate of drug-likeness (QED) is 0.696. The van der Waals surface area contributed by atoms with E-state index in [9.17, 15) is 0 Å². The molecule has 1 heterocycles. The first-order chi connectivity index (χ1) is 6.88. The average molecular weight is 183 g/mol. The third-order valence-corrected chi connectivity index (χ3v) is 2.43. The third kappa shape index (κ3) is 1.82. The Balaban J connectivity index is 2.30. The maximum absolute atomic E-state index is 4.36. The van der Waals surface area contributed by atoms with E-state index in [1.54, 1.807) is 0 Å². The number of pyridine rings is 1. The van der Waals surface area contributed by atoms with Crippen LogP contribution in [0.2, 0.25) is 0 Å². The van der Waals surface area contributed by atoms with Crippen LogP contribution >= 0.6 is 0 Å². The van der Waals surface area contributed by atoms with E-state index in [2.05, 4.69) is 42.2 Å². The van der Waals surface area contributed by atoms with E-state index in [0.717, 1.165) is 5.69 Å². The second-order valence-electron chi connectivity index (χ2n) is 3.39. The summed E-state index contributed by atoms with van der Waals surface area (Å²) in [4.78, 5) is 4.36. The van der Waals surface area contributed by atoms with Crippen LogP contribution < -0.4 is 0 Å². The van der Waals surface area contributed by atoms with Crippen molar-refractivity contribution >= 4 is 0 Å². The van der Waals surface area contributed by atoms with Gasteiger partial charge < -0.3 is 0 Å². The van der Waals surface area contributed by atoms with Gasteiger partial charge in [0.25, 0.3) is 0 Å². The predicted molar refractivity (Wildman–Crippen MR) is 58.2 cm³/mol. The fourth-order valence-electron chi connectivity index (χ4n) is 1.54. The maximum atomic E-state index is 4.36. The Bertz CT molecular complexity index is 341. The average Bonchev–Trinajstić information content (AvgIpc) is 2.30. The maximum Gasteiger partial charge on any atom is 0.0475 e. The van der Waals surface area contributed by atoms with Crippen molar-refractivity contribution in [1.82, 2.24) is 4.98 Å². The summed E-state index contributed by atoms with van der Waals surface area (Å²) < 4.78 is 0. The topological polar surface area (TPSA) is 12.9 Å². The molecular weight excluding hydrogens is 170 g/mol. The highest BCUT2D eigenvalue weighted by Crippen LogP contribution is 2.21. The lowest BCUT2D eigenvalue weighted by Crippen LogP contribution is -1.97. The van der Waals surface area contributed by atoms with Gasteiger partial charge in [-0.15, -0.1) is 0 Å². The number of hydrogen-bond acceptors (Lipinski definition) is 1. The van der Waals surface area contributed by atoms with E-state index >= 15 is 0 Å². The summed E-state index contributed by atoms with van der Waals surface area (Å²) in [7, 11) is 0. The van der Waals surface area contributed by atoms with Gasteiger partial charge in [0, 0.05) is 17.8 Å². The molecule has 1 nitrogen and oxygen atoms in total. The lowest BCUT2D eigenvalue weighted by Gasteiger charge is -2.10. The second-order valence-corrected chi connectivity index (χ2v) is 3.39. The zero-order chi connectivity index (χ0) is 9.80. The zero-order valence-electron chi connectivity index (χ0n) is 8.22. The standard InChI is InChI=1S/C13H13N/c1-11(12-7-3-2-4-8-12)13-9-5-6-10-14-13/h2-11H,1H3/t11-/m1/s1. The smallest absolute Gasteiger partial charge is 0.0475 e. The summed E-state index contributed by atoms with van der Waals surface area (Å²) in [6.07, 6.45) is 1.84. The van der Waals surface area contributed by atoms with Gasteiger partial charge >= 0.3 is 0 Å². The van der Waals surface area contributed by atoms with Crippen LogP contribution in [0.5, 0.6) is 0 Å². The summed E-state index contributed by atoms with van der Waals surface area (Å²) in [5, 5.41) is 0. The Morgan fingerprint density at radius 1 is 0.929 bits per heavy atom. The highest BCUT2D eigenvalue weighted by Gasteiger charge is 2.07. The number of hydrogen-bond donors (Lipinski definition) is 0. The molecule has 0 aliphatic carbocycles. The SMILES string of the molecule is C[C@H](c1ccccc1)c1ccccn1. The molecule has 0 saturated carbocycles. The van der Waals surface area contributed by atoms with E-state index in [0.29, 0.717) is 5.92 Å². The van der Waals surface area contributed by atoms with Gasteiger partial charge in [0.15, 0.2) is 0 Å². The molecule has 0 saturated heterocycles. The fraction of sp³-hybridized carbons (Fsp3) is 0.154. The number of benzene rings is 1. The predicted octanol–water partition coefficient (Wildman–Crippen LogP) is 3.23. The minimum Gasteiger partial charge on any atom is -0.261 e. The molecule has 0 N–H and O–H groups in total. The van der Waals surface area contributed by atoms with Crippen LogP contribution in [0.25, 0.3) is 0 Å². The van der Waals surface area contributed by atoms with E-state index in [4.69, 9.17) is 0 Å². The van der Waals surface area contributed by atoms with Crippen molar-refractivity contribution in [2.45, 2.75) is 12.8 Å². The Labute approximate surface area is 84.4 Å². The molecule has 1 heteroatoms. The van der Waals surface area contributed by atoms with Crippen LogP contribution in [0.1, 0.15) is 24.1 Å². The molecule has 14 heavy (non-hydrogen) atoms. The summed E-state index contributed by atoms with van der Waals surface area (Å²) in [5.74, 6) is 0.373. The molecular formula is C13H13N. The van der Waals surface area contributed by atoms with Crippen LogP contribution in [0.15, 0.2) is 54.7 Å². The molecule has 0 bridgehead atoms. The molecule has 1 aromatic carbocycles. The van der Waals surface area contributed by atoms with Crippen molar-refractivity contribution in [2.24, 2.45) is 0 Å². The molecule has 0 aliphatic rings. The molecule has 1 aromatic heterocycles. The van der Waals surface area contributed by atoms with Gasteiger partial charge in [0.1, 0.15) is 0 Å². The summed E-state index contributed by atoms with van der Waals surface area (Å²) in [6, 6.07) is 16.5. The lowest BCUT2D eigenvalue weighted by atomic mass is 9.97. The van der Waals surface area contributed by atoms with Gasteiger partial charge in [0.2, 0.25) is 0 Å². The molecule has 2 aromatic rings. The van der Waals surface area contributed by atoms with Crippen molar-refractivity contribution in [3.8, 4) is 0 Å². The first kappa shape index (κ1) is 8.95. The van der Waals surface area contributed by atoms with Gasteiger partial charge in [-0.05, 0) is 17.7 Å². The lowest BCUT2D eigenvalue weighted by molar-refractivity contribution is 0.871. The molecule has 0 radical (unpaired) electrons. The van der Waals surface area contributed by atoms with Crippen molar-refractivity contribution in [2.75, 3.05) is 0 Å². The van der Waals surface area contributed by atoms with Crippen molar-refractivity contribution in [1.29, 1.82) is 0 Å². The van der Waals surface area contributed by atoms with Gasteiger partial charge in [-0.1, -0.05) is 43.3 Å². The highest BCUT2D eigenvalue weighted by molar-refractivity contribution is 5.27. The molecule has 0 unspecified atom stereocenters. The second kappa shape index (κ2) is 4.05. The summed E-state index contributed by atoms with van der Waals surface area (Å²) in [6.45, 7) is 2.18. The fourth-order valence-corrected chi connectivity index (χ4v) is 1.54. The van der Waals surface area contributed by atoms with Crippen molar-refractivity contribution in [3.63, 3.8) is 0 Å². The van der Waals surface area contributed by atoms with Crippen LogP contribution in [0.3, 0.4) is 0 Å². The number of aromatic nitrogens is 1. The first-order valence-corrected chi connectivity index (χ1v) is 4.84. The van der Waals surface area contributed by atoms with E-state index in [1.165, 1.54) is 5.56 Å². The Morgan fingerprint density at radius 3 is 2.29 bits per heavy atom. The van der Waals surface area contributed by atoms with Crippen molar-refractivity contribution in [3.05, 3.63) is 66.0 Å². The van der Waals surface area contributed by atoms with Crippen LogP contribution in [0, 0.1) is 0 Å². The largest absolute Gasteiger partial charge is 0.261 e. The Kier molecular flexibility index (Phi) is 2.59. The Hall–Kier alpha value is -1.63. The summed E-state index contributed by atoms with van der Waals surface area (Å²) in [5.41, 5.74) is 2.44. The van der Waals surface area contributed by atoms with Crippen molar-refractivity contribution < 1.29 is 0 Å². The molecule has 70 valence electrons. The van der Waals surface area contributed by atoms with E-state index in [1.807, 2.05) is 24.4 Å². The summed E-state index contributed by atoms with van der Waals surface area (Å²) >= 11 is 0. The van der Waals surface area contributed by atoms with Crippen LogP contribution in [-0.4, -0.2) is 4.98 Å². The molecule has 0 aliphatic heterocycles. The molecule has 0 spiro atoms. The van der Waals surface area contributed by atoms with Crippen LogP contribution in [-0.2, 0) is 0 Å². The van der Waals surface area contributed by atoms with Gasteiger partial charge in [-0.25, -0.2) is 0 Å². The normalized spacial score (nSPS) is 12.4. The molecule has 0 fully saturated rings. The van der Waals surface area contributed by atoms with Gasteiger partial charge in [0.05, 0.1) is 0 Å². The van der Waals surface area contributed by atoms with E-state index in [-0.39, 0.29) is 0 Å². The van der Waals surface area contributed by atoms with Crippen LogP contribution in [0.4, 0.5) is 0 Å². The molecule has 1 atom stereocenters. The number of rotatable bonds is 2. The first-order valence-electron chi connectivity index (χ1n) is 4.84. The minimum atomic E-state index is 0.373. The van der Waals surface area contributed by atoms with Gasteiger partial charge in [-0.3, -0.25) is 4.98 Å². The zero-order valence-corrected chi connectivity index (χ0v) is 8.22. The molecule has 0 amide bonds.